The number of hydrogen-bond acceptors (Lipinski definition) is 5. The normalized spacial score (nSPS) is 24.8. The van der Waals surface area contributed by atoms with Crippen molar-refractivity contribution in [1.82, 2.24) is 15.0 Å². The molecule has 6 heteroatoms. The largest absolute Gasteiger partial charge is 0.369 e. The molecule has 2 atom stereocenters. The lowest BCUT2D eigenvalue weighted by molar-refractivity contribution is -0.146. The molecule has 0 saturated carbocycles. The number of nitrogens with zero attached hydrogens (tertiary/aromatic N) is 4. The van der Waals surface area contributed by atoms with Gasteiger partial charge in [0.25, 0.3) is 5.91 Å². The van der Waals surface area contributed by atoms with Gasteiger partial charge in [0.15, 0.2) is 5.37 Å². The predicted molar refractivity (Wildman–Crippen MR) is 98.4 cm³/mol. The molecule has 0 aliphatic carbocycles. The summed E-state index contributed by atoms with van der Waals surface area (Å²) in [6.07, 6.45) is 5.34. The van der Waals surface area contributed by atoms with E-state index < -0.39 is 0 Å². The fourth-order valence-electron chi connectivity index (χ4n) is 3.10. The number of pyridine rings is 1. The molecule has 128 valence electrons. The van der Waals surface area contributed by atoms with E-state index in [9.17, 15) is 4.79 Å². The highest BCUT2D eigenvalue weighted by molar-refractivity contribution is 8.01. The summed E-state index contributed by atoms with van der Waals surface area (Å²) in [6.45, 7) is 7.62. The Balaban J connectivity index is 1.68. The zero-order chi connectivity index (χ0) is 16.9. The molecule has 24 heavy (non-hydrogen) atoms. The molecule has 2 unspecified atom stereocenters. The molecule has 0 N–H and O–H groups in total. The second-order valence-corrected chi connectivity index (χ2v) is 7.18. The summed E-state index contributed by atoms with van der Waals surface area (Å²) >= 11 is 1.70. The minimum atomic E-state index is -0.0325. The van der Waals surface area contributed by atoms with Gasteiger partial charge in [-0.1, -0.05) is 19.8 Å². The maximum absolute atomic E-state index is 12.7. The molecule has 3 rings (SSSR count). The van der Waals surface area contributed by atoms with Crippen molar-refractivity contribution in [3.8, 4) is 11.8 Å². The molecular formula is C18H24N4OS. The van der Waals surface area contributed by atoms with Crippen molar-refractivity contribution in [2.24, 2.45) is 0 Å². The molecule has 0 aromatic carbocycles. The van der Waals surface area contributed by atoms with Crippen LogP contribution in [0.1, 0.15) is 26.7 Å². The number of hydrogen-bond donors (Lipinski definition) is 0. The Labute approximate surface area is 148 Å². The van der Waals surface area contributed by atoms with Crippen LogP contribution in [0, 0.1) is 11.8 Å². The van der Waals surface area contributed by atoms with Crippen LogP contribution in [0.3, 0.4) is 0 Å². The van der Waals surface area contributed by atoms with Crippen LogP contribution in [0.5, 0.6) is 0 Å². The molecule has 1 aromatic rings. The van der Waals surface area contributed by atoms with Gasteiger partial charge in [-0.15, -0.1) is 17.7 Å². The third kappa shape index (κ3) is 3.52. The van der Waals surface area contributed by atoms with Gasteiger partial charge in [-0.25, -0.2) is 10.0 Å². The highest BCUT2D eigenvalue weighted by Gasteiger charge is 2.42. The van der Waals surface area contributed by atoms with E-state index in [1.54, 1.807) is 11.8 Å². The van der Waals surface area contributed by atoms with Crippen LogP contribution in [0.4, 0.5) is 5.69 Å². The van der Waals surface area contributed by atoms with Crippen LogP contribution in [0.15, 0.2) is 24.5 Å². The minimum Gasteiger partial charge on any atom is -0.369 e. The summed E-state index contributed by atoms with van der Waals surface area (Å²) in [4.78, 5) is 19.2. The number of carbonyl (C=O) groups is 1. The predicted octanol–water partition coefficient (Wildman–Crippen LogP) is 2.21. The summed E-state index contributed by atoms with van der Waals surface area (Å²) in [5.41, 5.74) is 1.19. The number of piperazine rings is 1. The summed E-state index contributed by atoms with van der Waals surface area (Å²) in [6, 6.07) is 4.07. The third-order valence-corrected chi connectivity index (χ3v) is 5.82. The van der Waals surface area contributed by atoms with Crippen LogP contribution in [0.25, 0.3) is 0 Å². The van der Waals surface area contributed by atoms with E-state index in [1.165, 1.54) is 5.69 Å². The zero-order valence-corrected chi connectivity index (χ0v) is 15.1. The molecule has 3 heterocycles. The Morgan fingerprint density at radius 1 is 1.21 bits per heavy atom. The molecule has 1 amide bonds. The molecule has 0 radical (unpaired) electrons. The number of carbonyl (C=O) groups excluding carboxylic acids is 1. The number of thioether (sulfide) groups is 1. The van der Waals surface area contributed by atoms with E-state index >= 15 is 0 Å². The molecule has 2 aliphatic heterocycles. The molecule has 2 fully saturated rings. The Kier molecular flexibility index (Phi) is 5.64. The first-order valence-corrected chi connectivity index (χ1v) is 9.55. The van der Waals surface area contributed by atoms with Gasteiger partial charge >= 0.3 is 0 Å². The lowest BCUT2D eigenvalue weighted by atomic mass is 10.2. The van der Waals surface area contributed by atoms with Crippen molar-refractivity contribution in [1.29, 1.82) is 0 Å². The maximum atomic E-state index is 12.7. The Morgan fingerprint density at radius 2 is 1.92 bits per heavy atom. The topological polar surface area (TPSA) is 39.7 Å². The molecule has 2 saturated heterocycles. The van der Waals surface area contributed by atoms with Crippen LogP contribution in [-0.2, 0) is 4.79 Å². The van der Waals surface area contributed by atoms with Crippen molar-refractivity contribution in [2.45, 2.75) is 37.3 Å². The first kappa shape index (κ1) is 17.1. The van der Waals surface area contributed by atoms with E-state index in [0.717, 1.165) is 39.0 Å². The van der Waals surface area contributed by atoms with Gasteiger partial charge in [-0.05, 0) is 18.6 Å². The Bertz CT molecular complexity index is 619. The van der Waals surface area contributed by atoms with Crippen molar-refractivity contribution < 1.29 is 4.79 Å². The Morgan fingerprint density at radius 3 is 2.54 bits per heavy atom. The average Bonchev–Trinajstić information content (AvgIpc) is 2.96. The number of aromatic nitrogens is 1. The van der Waals surface area contributed by atoms with Crippen LogP contribution in [0.2, 0.25) is 0 Å². The average molecular weight is 344 g/mol. The SMILES string of the molecule is CCC#CC1SC(CC)C(=O)N1N1CCN(c2ccncc2)CC1. The van der Waals surface area contributed by atoms with E-state index in [0.29, 0.717) is 0 Å². The second-order valence-electron chi connectivity index (χ2n) is 5.89. The van der Waals surface area contributed by atoms with Gasteiger partial charge in [0.1, 0.15) is 0 Å². The smallest absolute Gasteiger partial charge is 0.252 e. The van der Waals surface area contributed by atoms with Crippen molar-refractivity contribution in [3.63, 3.8) is 0 Å². The van der Waals surface area contributed by atoms with Crippen LogP contribution in [-0.4, -0.2) is 57.7 Å². The van der Waals surface area contributed by atoms with Crippen molar-refractivity contribution in [2.75, 3.05) is 31.1 Å². The van der Waals surface area contributed by atoms with Gasteiger partial charge in [0, 0.05) is 50.7 Å². The molecule has 0 bridgehead atoms. The number of rotatable bonds is 3. The van der Waals surface area contributed by atoms with Crippen LogP contribution < -0.4 is 4.90 Å². The molecular weight excluding hydrogens is 320 g/mol. The fourth-order valence-corrected chi connectivity index (χ4v) is 4.33. The molecule has 1 aromatic heterocycles. The standard InChI is InChI=1S/C18H24N4OS/c1-3-5-6-17-22(18(23)16(4-2)24-17)21-13-11-20(12-14-21)15-7-9-19-10-8-15/h7-10,16-17H,3-4,11-14H2,1-2H3. The first-order chi connectivity index (χ1) is 11.7. The van der Waals surface area contributed by atoms with Gasteiger partial charge in [0.2, 0.25) is 0 Å². The summed E-state index contributed by atoms with van der Waals surface area (Å²) in [5.74, 6) is 6.64. The lowest BCUT2D eigenvalue weighted by Crippen LogP contribution is -2.56. The van der Waals surface area contributed by atoms with Crippen molar-refractivity contribution in [3.05, 3.63) is 24.5 Å². The number of amides is 1. The van der Waals surface area contributed by atoms with E-state index in [2.05, 4.69) is 33.7 Å². The molecule has 2 aliphatic rings. The zero-order valence-electron chi connectivity index (χ0n) is 14.3. The minimum absolute atomic E-state index is 0.0325. The van der Waals surface area contributed by atoms with Gasteiger partial charge < -0.3 is 4.90 Å². The number of anilines is 1. The quantitative estimate of drug-likeness (QED) is 0.786. The molecule has 5 nitrogen and oxygen atoms in total. The second kappa shape index (κ2) is 7.91. The van der Waals surface area contributed by atoms with Crippen molar-refractivity contribution >= 4 is 23.4 Å². The fraction of sp³-hybridized carbons (Fsp3) is 0.556. The summed E-state index contributed by atoms with van der Waals surface area (Å²) < 4.78 is 0. The van der Waals surface area contributed by atoms with Gasteiger partial charge in [0.05, 0.1) is 5.25 Å². The highest BCUT2D eigenvalue weighted by Crippen LogP contribution is 2.34. The Hall–Kier alpha value is -1.71. The summed E-state index contributed by atoms with van der Waals surface area (Å²) in [5, 5.41) is 4.12. The van der Waals surface area contributed by atoms with Crippen LogP contribution >= 0.6 is 11.8 Å². The lowest BCUT2D eigenvalue weighted by Gasteiger charge is -2.41. The first-order valence-electron chi connectivity index (χ1n) is 8.61. The van der Waals surface area contributed by atoms with E-state index in [4.69, 9.17) is 0 Å². The molecule has 0 spiro atoms. The highest BCUT2D eigenvalue weighted by atomic mass is 32.2. The number of hydrazine groups is 1. The summed E-state index contributed by atoms with van der Waals surface area (Å²) in [7, 11) is 0. The van der Waals surface area contributed by atoms with E-state index in [-0.39, 0.29) is 16.5 Å². The van der Waals surface area contributed by atoms with E-state index in [1.807, 2.05) is 36.5 Å². The third-order valence-electron chi connectivity index (χ3n) is 4.38. The van der Waals surface area contributed by atoms with Gasteiger partial charge in [-0.2, -0.15) is 0 Å². The van der Waals surface area contributed by atoms with Gasteiger partial charge in [-0.3, -0.25) is 9.78 Å². The monoisotopic (exact) mass is 344 g/mol. The maximum Gasteiger partial charge on any atom is 0.252 e.